The van der Waals surface area contributed by atoms with E-state index in [9.17, 15) is 0 Å². The Kier molecular flexibility index (Phi) is 13.8. The van der Waals surface area contributed by atoms with Crippen molar-refractivity contribution in [3.05, 3.63) is 0 Å². The zero-order chi connectivity index (χ0) is 15.8. The molecule has 5 heteroatoms. The second-order valence-corrected chi connectivity index (χ2v) is 5.55. The molecule has 0 rings (SSSR count). The van der Waals surface area contributed by atoms with E-state index in [1.54, 1.807) is 0 Å². The summed E-state index contributed by atoms with van der Waals surface area (Å²) in [6.45, 7) is 10.9. The van der Waals surface area contributed by atoms with Crippen LogP contribution in [0, 0.1) is 16.7 Å². The molecule has 0 aromatic rings. The fourth-order valence-electron chi connectivity index (χ4n) is 1.39. The molecule has 0 spiro atoms. The highest BCUT2D eigenvalue weighted by atomic mass is 16.6. The van der Waals surface area contributed by atoms with Crippen LogP contribution in [-0.4, -0.2) is 52.9 Å². The van der Waals surface area contributed by atoms with E-state index >= 15 is 0 Å². The molecule has 0 unspecified atom stereocenters. The fourth-order valence-corrected chi connectivity index (χ4v) is 1.39. The van der Waals surface area contributed by atoms with Gasteiger partial charge < -0.3 is 18.9 Å². The first-order valence-electron chi connectivity index (χ1n) is 7.84. The first-order valence-corrected chi connectivity index (χ1v) is 7.84. The molecule has 21 heavy (non-hydrogen) atoms. The highest BCUT2D eigenvalue weighted by Gasteiger charge is 2.15. The van der Waals surface area contributed by atoms with Crippen LogP contribution in [-0.2, 0) is 18.9 Å². The number of ether oxygens (including phenoxy) is 4. The van der Waals surface area contributed by atoms with Gasteiger partial charge in [-0.15, -0.1) is 0 Å². The Hall–Kier alpha value is -0.670. The van der Waals surface area contributed by atoms with E-state index in [1.165, 1.54) is 0 Å². The molecule has 0 aliphatic heterocycles. The van der Waals surface area contributed by atoms with Crippen LogP contribution in [0.3, 0.4) is 0 Å². The van der Waals surface area contributed by atoms with E-state index in [-0.39, 0.29) is 5.41 Å². The Labute approximate surface area is 129 Å². The van der Waals surface area contributed by atoms with Crippen molar-refractivity contribution in [2.24, 2.45) is 5.41 Å². The Morgan fingerprint density at radius 2 is 1.19 bits per heavy atom. The standard InChI is InChI=1S/C16H31NO4/c1-4-5-7-18-9-11-20-13-14-21-12-10-19-8-6-16(2,3)15-17/h4-14H2,1-3H3. The van der Waals surface area contributed by atoms with E-state index in [0.717, 1.165) is 25.9 Å². The third-order valence-corrected chi connectivity index (χ3v) is 2.93. The van der Waals surface area contributed by atoms with Gasteiger partial charge in [-0.1, -0.05) is 13.3 Å². The third kappa shape index (κ3) is 15.5. The summed E-state index contributed by atoms with van der Waals surface area (Å²) >= 11 is 0. The van der Waals surface area contributed by atoms with Gasteiger partial charge in [0, 0.05) is 13.2 Å². The fraction of sp³-hybridized carbons (Fsp3) is 0.938. The highest BCUT2D eigenvalue weighted by molar-refractivity contribution is 4.91. The molecule has 0 fully saturated rings. The Balaban J connectivity index is 3.08. The normalized spacial score (nSPS) is 11.5. The molecule has 0 radical (unpaired) electrons. The zero-order valence-electron chi connectivity index (χ0n) is 13.9. The van der Waals surface area contributed by atoms with E-state index in [2.05, 4.69) is 13.0 Å². The molecule has 0 amide bonds. The molecule has 0 bridgehead atoms. The summed E-state index contributed by atoms with van der Waals surface area (Å²) in [5, 5.41) is 8.84. The number of rotatable bonds is 15. The summed E-state index contributed by atoms with van der Waals surface area (Å²) in [5.74, 6) is 0. The Bertz CT molecular complexity index is 263. The van der Waals surface area contributed by atoms with E-state index < -0.39 is 0 Å². The summed E-state index contributed by atoms with van der Waals surface area (Å²) in [5.41, 5.74) is -0.312. The predicted octanol–water partition coefficient (Wildman–Crippen LogP) is 2.79. The van der Waals surface area contributed by atoms with Crippen LogP contribution in [0.2, 0.25) is 0 Å². The molecule has 0 N–H and O–H groups in total. The molecule has 0 aliphatic carbocycles. The first kappa shape index (κ1) is 20.3. The lowest BCUT2D eigenvalue weighted by atomic mass is 9.92. The summed E-state index contributed by atoms with van der Waals surface area (Å²) < 4.78 is 21.5. The SMILES string of the molecule is CCCCOCCOCCOCCOCCC(C)(C)C#N. The summed E-state index contributed by atoms with van der Waals surface area (Å²) in [6.07, 6.45) is 3.00. The monoisotopic (exact) mass is 301 g/mol. The van der Waals surface area contributed by atoms with Gasteiger partial charge >= 0.3 is 0 Å². The second kappa shape index (κ2) is 14.3. The van der Waals surface area contributed by atoms with Crippen molar-refractivity contribution >= 4 is 0 Å². The third-order valence-electron chi connectivity index (χ3n) is 2.93. The van der Waals surface area contributed by atoms with E-state index in [4.69, 9.17) is 24.2 Å². The largest absolute Gasteiger partial charge is 0.379 e. The van der Waals surface area contributed by atoms with Gasteiger partial charge in [0.15, 0.2) is 0 Å². The van der Waals surface area contributed by atoms with Crippen LogP contribution < -0.4 is 0 Å². The van der Waals surface area contributed by atoms with Crippen molar-refractivity contribution in [1.29, 1.82) is 5.26 Å². The molecule has 0 heterocycles. The van der Waals surface area contributed by atoms with Crippen LogP contribution in [0.1, 0.15) is 40.0 Å². The van der Waals surface area contributed by atoms with Crippen molar-refractivity contribution in [1.82, 2.24) is 0 Å². The van der Waals surface area contributed by atoms with E-state index in [0.29, 0.717) is 46.2 Å². The second-order valence-electron chi connectivity index (χ2n) is 5.55. The molecule has 0 aromatic carbocycles. The summed E-state index contributed by atoms with van der Waals surface area (Å²) in [6, 6.07) is 2.25. The van der Waals surface area contributed by atoms with Gasteiger partial charge in [-0.2, -0.15) is 5.26 Å². The van der Waals surface area contributed by atoms with Gasteiger partial charge in [-0.3, -0.25) is 0 Å². The van der Waals surface area contributed by atoms with Crippen molar-refractivity contribution in [3.8, 4) is 6.07 Å². The lowest BCUT2D eigenvalue weighted by Crippen LogP contribution is -2.15. The van der Waals surface area contributed by atoms with Crippen molar-refractivity contribution < 1.29 is 18.9 Å². The average Bonchev–Trinajstić information content (AvgIpc) is 2.47. The minimum atomic E-state index is -0.312. The Morgan fingerprint density at radius 3 is 1.62 bits per heavy atom. The topological polar surface area (TPSA) is 60.7 Å². The van der Waals surface area contributed by atoms with Crippen LogP contribution in [0.5, 0.6) is 0 Å². The molecule has 124 valence electrons. The van der Waals surface area contributed by atoms with Gasteiger partial charge in [0.25, 0.3) is 0 Å². The van der Waals surface area contributed by atoms with E-state index in [1.807, 2.05) is 13.8 Å². The predicted molar refractivity (Wildman–Crippen MR) is 82.2 cm³/mol. The molecule has 5 nitrogen and oxygen atoms in total. The molecule has 0 aliphatic rings. The van der Waals surface area contributed by atoms with Gasteiger partial charge in [0.1, 0.15) is 0 Å². The van der Waals surface area contributed by atoms with Crippen LogP contribution in [0.25, 0.3) is 0 Å². The quantitative estimate of drug-likeness (QED) is 0.435. The number of hydrogen-bond donors (Lipinski definition) is 0. The maximum Gasteiger partial charge on any atom is 0.0701 e. The minimum absolute atomic E-state index is 0.312. The van der Waals surface area contributed by atoms with Gasteiger partial charge in [0.05, 0.1) is 51.1 Å². The average molecular weight is 301 g/mol. The number of nitrogens with zero attached hydrogens (tertiary/aromatic N) is 1. The number of hydrogen-bond acceptors (Lipinski definition) is 5. The lowest BCUT2D eigenvalue weighted by molar-refractivity contribution is -0.00369. The molecular formula is C16H31NO4. The number of nitriles is 1. The summed E-state index contributed by atoms with van der Waals surface area (Å²) in [7, 11) is 0. The van der Waals surface area contributed by atoms with Gasteiger partial charge in [-0.25, -0.2) is 0 Å². The smallest absolute Gasteiger partial charge is 0.0701 e. The van der Waals surface area contributed by atoms with Crippen molar-refractivity contribution in [2.75, 3.05) is 52.9 Å². The molecule has 0 atom stereocenters. The minimum Gasteiger partial charge on any atom is -0.379 e. The first-order chi connectivity index (χ1) is 10.1. The highest BCUT2D eigenvalue weighted by Crippen LogP contribution is 2.17. The van der Waals surface area contributed by atoms with Crippen molar-refractivity contribution in [3.63, 3.8) is 0 Å². The lowest BCUT2D eigenvalue weighted by Gasteiger charge is -2.14. The van der Waals surface area contributed by atoms with Crippen LogP contribution >= 0.6 is 0 Å². The molecule has 0 aromatic heterocycles. The van der Waals surface area contributed by atoms with Crippen LogP contribution in [0.15, 0.2) is 0 Å². The number of unbranched alkanes of at least 4 members (excludes halogenated alkanes) is 1. The van der Waals surface area contributed by atoms with Gasteiger partial charge in [0.2, 0.25) is 0 Å². The maximum absolute atomic E-state index is 8.84. The van der Waals surface area contributed by atoms with Crippen molar-refractivity contribution in [2.45, 2.75) is 40.0 Å². The Morgan fingerprint density at radius 1 is 0.762 bits per heavy atom. The maximum atomic E-state index is 8.84. The summed E-state index contributed by atoms with van der Waals surface area (Å²) in [4.78, 5) is 0. The molecule has 0 saturated carbocycles. The molecular weight excluding hydrogens is 270 g/mol. The van der Waals surface area contributed by atoms with Crippen LogP contribution in [0.4, 0.5) is 0 Å². The van der Waals surface area contributed by atoms with Gasteiger partial charge in [-0.05, 0) is 26.7 Å². The zero-order valence-corrected chi connectivity index (χ0v) is 13.9. The molecule has 0 saturated heterocycles.